The number of hydrogen-bond acceptors (Lipinski definition) is 5. The number of sulfonamides is 1. The number of ether oxygens (including phenoxy) is 1. The zero-order valence-corrected chi connectivity index (χ0v) is 16.8. The van der Waals surface area contributed by atoms with Crippen LogP contribution in [0.3, 0.4) is 0 Å². The van der Waals surface area contributed by atoms with Crippen LogP contribution in [-0.2, 0) is 24.3 Å². The molecular weight excluding hydrogens is 358 g/mol. The Balaban J connectivity index is 3.77. The van der Waals surface area contributed by atoms with Crippen molar-refractivity contribution < 1.29 is 27.9 Å². The molecule has 8 heteroatoms. The van der Waals surface area contributed by atoms with Crippen LogP contribution in [0.25, 0.3) is 0 Å². The Labute approximate surface area is 157 Å². The number of carboxylic acid groups (broad SMARTS) is 1. The molecule has 0 saturated carbocycles. The molecule has 26 heavy (non-hydrogen) atoms. The lowest BCUT2D eigenvalue weighted by molar-refractivity contribution is -0.137. The molecule has 0 fully saturated rings. The molecule has 0 aromatic heterocycles. The second-order valence-corrected chi connectivity index (χ2v) is 8.54. The van der Waals surface area contributed by atoms with Crippen molar-refractivity contribution in [2.45, 2.75) is 90.1 Å². The van der Waals surface area contributed by atoms with Gasteiger partial charge in [-0.15, -0.1) is 0 Å². The lowest BCUT2D eigenvalue weighted by Gasteiger charge is -2.14. The molecule has 0 aliphatic carbocycles. The van der Waals surface area contributed by atoms with Gasteiger partial charge >= 0.3 is 5.97 Å². The normalized spacial score (nSPS) is 12.7. The van der Waals surface area contributed by atoms with Crippen LogP contribution < -0.4 is 4.72 Å². The van der Waals surface area contributed by atoms with E-state index in [9.17, 15) is 18.0 Å². The molecular formula is C18H35NO6S. The minimum Gasteiger partial charge on any atom is -0.481 e. The lowest BCUT2D eigenvalue weighted by Crippen LogP contribution is -2.27. The first-order chi connectivity index (χ1) is 12.4. The largest absolute Gasteiger partial charge is 0.481 e. The van der Waals surface area contributed by atoms with E-state index < -0.39 is 16.0 Å². The highest BCUT2D eigenvalue weighted by Crippen LogP contribution is 2.13. The molecule has 0 rings (SSSR count). The Bertz CT molecular complexity index is 466. The van der Waals surface area contributed by atoms with E-state index in [4.69, 9.17) is 9.84 Å². The van der Waals surface area contributed by atoms with Crippen molar-refractivity contribution in [3.05, 3.63) is 0 Å². The minimum atomic E-state index is -3.27. The first-order valence-electron chi connectivity index (χ1n) is 9.69. The van der Waals surface area contributed by atoms with E-state index in [1.807, 2.05) is 0 Å². The van der Waals surface area contributed by atoms with Crippen molar-refractivity contribution >= 4 is 22.5 Å². The van der Waals surface area contributed by atoms with Crippen LogP contribution in [0.1, 0.15) is 84.0 Å². The van der Waals surface area contributed by atoms with E-state index in [0.29, 0.717) is 45.1 Å². The molecule has 154 valence electrons. The molecule has 0 aromatic rings. The molecule has 0 saturated heterocycles. The van der Waals surface area contributed by atoms with Gasteiger partial charge in [-0.05, 0) is 44.9 Å². The van der Waals surface area contributed by atoms with E-state index >= 15 is 0 Å². The fourth-order valence-electron chi connectivity index (χ4n) is 2.70. The van der Waals surface area contributed by atoms with Gasteiger partial charge in [0.25, 0.3) is 6.47 Å². The standard InChI is InChI=1S/C18H35NO6S/c1-2-3-6-11-17(25-16-20)12-8-10-15-26(23,24)19-14-9-5-4-7-13-18(21)22/h16-17,19H,2-15H2,1H3,(H,21,22). The second-order valence-electron chi connectivity index (χ2n) is 6.62. The Morgan fingerprint density at radius 3 is 2.31 bits per heavy atom. The van der Waals surface area contributed by atoms with Crippen LogP contribution in [0.4, 0.5) is 0 Å². The Hall–Kier alpha value is -1.15. The van der Waals surface area contributed by atoms with Gasteiger partial charge in [0, 0.05) is 13.0 Å². The molecule has 0 bridgehead atoms. The molecule has 0 spiro atoms. The van der Waals surface area contributed by atoms with Crippen molar-refractivity contribution in [1.82, 2.24) is 4.72 Å². The fourth-order valence-corrected chi connectivity index (χ4v) is 3.88. The maximum Gasteiger partial charge on any atom is 0.303 e. The molecule has 2 N–H and O–H groups in total. The summed E-state index contributed by atoms with van der Waals surface area (Å²) in [4.78, 5) is 20.9. The zero-order chi connectivity index (χ0) is 19.7. The predicted octanol–water partition coefficient (Wildman–Crippen LogP) is 3.23. The third kappa shape index (κ3) is 16.3. The highest BCUT2D eigenvalue weighted by Gasteiger charge is 2.12. The summed E-state index contributed by atoms with van der Waals surface area (Å²) in [6.07, 6.45) is 9.02. The SMILES string of the molecule is CCCCCC(CCCCS(=O)(=O)NCCCCCCC(=O)O)OC=O. The number of carboxylic acids is 1. The first-order valence-corrected chi connectivity index (χ1v) is 11.3. The average molecular weight is 394 g/mol. The average Bonchev–Trinajstić information content (AvgIpc) is 2.57. The maximum absolute atomic E-state index is 11.9. The van der Waals surface area contributed by atoms with E-state index in [1.54, 1.807) is 0 Å². The van der Waals surface area contributed by atoms with Gasteiger partial charge in [-0.2, -0.15) is 0 Å². The van der Waals surface area contributed by atoms with Gasteiger partial charge in [-0.3, -0.25) is 9.59 Å². The number of aliphatic carboxylic acids is 1. The highest BCUT2D eigenvalue weighted by atomic mass is 32.2. The van der Waals surface area contributed by atoms with Crippen LogP contribution >= 0.6 is 0 Å². The molecule has 1 unspecified atom stereocenters. The van der Waals surface area contributed by atoms with E-state index in [0.717, 1.165) is 38.5 Å². The Kier molecular flexibility index (Phi) is 15.3. The van der Waals surface area contributed by atoms with Crippen LogP contribution in [0.5, 0.6) is 0 Å². The Morgan fingerprint density at radius 2 is 1.69 bits per heavy atom. The summed E-state index contributed by atoms with van der Waals surface area (Å²) in [5, 5.41) is 8.53. The third-order valence-electron chi connectivity index (χ3n) is 4.21. The van der Waals surface area contributed by atoms with Crippen LogP contribution in [0.2, 0.25) is 0 Å². The summed E-state index contributed by atoms with van der Waals surface area (Å²) in [5.41, 5.74) is 0. The first kappa shape index (κ1) is 24.8. The van der Waals surface area contributed by atoms with Gasteiger partial charge in [0.2, 0.25) is 10.0 Å². The fraction of sp³-hybridized carbons (Fsp3) is 0.889. The van der Waals surface area contributed by atoms with Crippen LogP contribution in [-0.4, -0.2) is 44.4 Å². The molecule has 0 amide bonds. The van der Waals surface area contributed by atoms with E-state index in [2.05, 4.69) is 11.6 Å². The summed E-state index contributed by atoms with van der Waals surface area (Å²) in [5.74, 6) is -0.716. The summed E-state index contributed by atoms with van der Waals surface area (Å²) in [6, 6.07) is 0. The van der Waals surface area contributed by atoms with Gasteiger partial charge in [0.1, 0.15) is 6.10 Å². The summed E-state index contributed by atoms with van der Waals surface area (Å²) in [7, 11) is -3.27. The van der Waals surface area contributed by atoms with Crippen molar-refractivity contribution in [1.29, 1.82) is 0 Å². The van der Waals surface area contributed by atoms with E-state index in [-0.39, 0.29) is 18.3 Å². The van der Waals surface area contributed by atoms with E-state index in [1.165, 1.54) is 0 Å². The summed E-state index contributed by atoms with van der Waals surface area (Å²) in [6.45, 7) is 2.98. The monoisotopic (exact) mass is 393 g/mol. The summed E-state index contributed by atoms with van der Waals surface area (Å²) >= 11 is 0. The van der Waals surface area contributed by atoms with Gasteiger partial charge < -0.3 is 9.84 Å². The third-order valence-corrected chi connectivity index (χ3v) is 5.68. The topological polar surface area (TPSA) is 110 Å². The van der Waals surface area contributed by atoms with Crippen LogP contribution in [0.15, 0.2) is 0 Å². The van der Waals surface area contributed by atoms with Crippen molar-refractivity contribution in [2.24, 2.45) is 0 Å². The highest BCUT2D eigenvalue weighted by molar-refractivity contribution is 7.89. The van der Waals surface area contributed by atoms with Crippen molar-refractivity contribution in [3.8, 4) is 0 Å². The number of rotatable bonds is 19. The second kappa shape index (κ2) is 16.1. The lowest BCUT2D eigenvalue weighted by atomic mass is 10.1. The number of carbonyl (C=O) groups is 2. The smallest absolute Gasteiger partial charge is 0.303 e. The molecule has 0 aliphatic heterocycles. The van der Waals surface area contributed by atoms with Gasteiger partial charge in [-0.1, -0.05) is 32.6 Å². The molecule has 0 heterocycles. The number of carbonyl (C=O) groups excluding carboxylic acids is 1. The molecule has 0 radical (unpaired) electrons. The molecule has 7 nitrogen and oxygen atoms in total. The molecule has 0 aliphatic rings. The summed E-state index contributed by atoms with van der Waals surface area (Å²) < 4.78 is 31.5. The van der Waals surface area contributed by atoms with Gasteiger partial charge in [0.15, 0.2) is 0 Å². The van der Waals surface area contributed by atoms with Crippen LogP contribution in [0, 0.1) is 0 Å². The number of hydrogen-bond donors (Lipinski definition) is 2. The maximum atomic E-state index is 11.9. The van der Waals surface area contributed by atoms with Crippen molar-refractivity contribution in [2.75, 3.05) is 12.3 Å². The minimum absolute atomic E-state index is 0.0782. The quantitative estimate of drug-likeness (QED) is 0.257. The predicted molar refractivity (Wildman–Crippen MR) is 101 cm³/mol. The zero-order valence-electron chi connectivity index (χ0n) is 16.0. The Morgan fingerprint density at radius 1 is 1.04 bits per heavy atom. The van der Waals surface area contributed by atoms with Gasteiger partial charge in [0.05, 0.1) is 5.75 Å². The number of unbranched alkanes of at least 4 members (excludes halogenated alkanes) is 6. The molecule has 0 aromatic carbocycles. The molecule has 1 atom stereocenters. The van der Waals surface area contributed by atoms with Gasteiger partial charge in [-0.25, -0.2) is 13.1 Å². The number of nitrogens with one attached hydrogen (secondary N) is 1. The van der Waals surface area contributed by atoms with Crippen molar-refractivity contribution in [3.63, 3.8) is 0 Å².